The van der Waals surface area contributed by atoms with Gasteiger partial charge in [0.25, 0.3) is 0 Å². The van der Waals surface area contributed by atoms with E-state index in [1.54, 1.807) is 0 Å². The molecule has 116 valence electrons. The molecular weight excluding hydrogens is 262 g/mol. The van der Waals surface area contributed by atoms with Crippen LogP contribution in [0.1, 0.15) is 37.4 Å². The van der Waals surface area contributed by atoms with E-state index in [4.69, 9.17) is 4.98 Å². The van der Waals surface area contributed by atoms with E-state index in [1.165, 1.54) is 24.8 Å². The predicted molar refractivity (Wildman–Crippen MR) is 85.6 cm³/mol. The fraction of sp³-hybridized carbons (Fsp3) is 0.750. The molecule has 0 radical (unpaired) electrons. The van der Waals surface area contributed by atoms with Gasteiger partial charge in [-0.3, -0.25) is 0 Å². The monoisotopic (exact) mass is 289 g/mol. The molecule has 2 aliphatic rings. The largest absolute Gasteiger partial charge is 0.337 e. The summed E-state index contributed by atoms with van der Waals surface area (Å²) < 4.78 is 0. The highest BCUT2D eigenvalue weighted by Crippen LogP contribution is 2.21. The minimum Gasteiger partial charge on any atom is -0.337 e. The van der Waals surface area contributed by atoms with Crippen molar-refractivity contribution in [2.75, 3.05) is 31.6 Å². The van der Waals surface area contributed by atoms with Crippen molar-refractivity contribution in [1.82, 2.24) is 20.2 Å². The molecule has 1 aliphatic heterocycles. The van der Waals surface area contributed by atoms with Crippen LogP contribution in [0.4, 0.5) is 5.95 Å². The zero-order chi connectivity index (χ0) is 14.8. The number of aryl methyl sites for hydroxylation is 1. The summed E-state index contributed by atoms with van der Waals surface area (Å²) in [6.07, 6.45) is 5.82. The number of hydrogen-bond acceptors (Lipinski definition) is 5. The van der Waals surface area contributed by atoms with Crippen LogP contribution < -0.4 is 10.2 Å². The van der Waals surface area contributed by atoms with Crippen LogP contribution in [-0.2, 0) is 6.54 Å². The Morgan fingerprint density at radius 2 is 2.14 bits per heavy atom. The molecule has 1 saturated heterocycles. The molecule has 1 N–H and O–H groups in total. The minimum atomic E-state index is 0.465. The Morgan fingerprint density at radius 1 is 1.33 bits per heavy atom. The van der Waals surface area contributed by atoms with Crippen LogP contribution in [0.25, 0.3) is 0 Å². The Labute approximate surface area is 127 Å². The number of rotatable bonds is 4. The predicted octanol–water partition coefficient (Wildman–Crippen LogP) is 1.57. The fourth-order valence-electron chi connectivity index (χ4n) is 3.00. The van der Waals surface area contributed by atoms with Gasteiger partial charge in [-0.1, -0.05) is 0 Å². The molecule has 2 heterocycles. The van der Waals surface area contributed by atoms with Crippen molar-refractivity contribution >= 4 is 5.95 Å². The average molecular weight is 289 g/mol. The van der Waals surface area contributed by atoms with Gasteiger partial charge >= 0.3 is 0 Å². The lowest BCUT2D eigenvalue weighted by atomic mass is 10.2. The lowest BCUT2D eigenvalue weighted by molar-refractivity contribution is 0.337. The maximum atomic E-state index is 4.77. The molecule has 1 saturated carbocycles. The van der Waals surface area contributed by atoms with E-state index in [0.29, 0.717) is 6.04 Å². The Balaban J connectivity index is 1.70. The van der Waals surface area contributed by atoms with Gasteiger partial charge in [0, 0.05) is 49.2 Å². The highest BCUT2D eigenvalue weighted by atomic mass is 15.3. The van der Waals surface area contributed by atoms with Crippen LogP contribution in [0, 0.1) is 6.92 Å². The van der Waals surface area contributed by atoms with E-state index < -0.39 is 0 Å². The SMILES string of the molecule is Cc1nc(N2CCCN(C)CC2C)ncc1CNC1CC1. The topological polar surface area (TPSA) is 44.3 Å². The van der Waals surface area contributed by atoms with Gasteiger partial charge in [-0.2, -0.15) is 0 Å². The third-order valence-electron chi connectivity index (χ3n) is 4.53. The molecule has 5 nitrogen and oxygen atoms in total. The van der Waals surface area contributed by atoms with Crippen LogP contribution >= 0.6 is 0 Å². The third-order valence-corrected chi connectivity index (χ3v) is 4.53. The van der Waals surface area contributed by atoms with Gasteiger partial charge in [-0.25, -0.2) is 9.97 Å². The standard InChI is InChI=1S/C16H27N5/c1-12-11-20(3)7-4-8-21(12)16-18-10-14(13(2)19-16)9-17-15-5-6-15/h10,12,15,17H,4-9,11H2,1-3H3. The van der Waals surface area contributed by atoms with Gasteiger partial charge in [-0.05, 0) is 46.7 Å². The lowest BCUT2D eigenvalue weighted by Crippen LogP contribution is -2.39. The highest BCUT2D eigenvalue weighted by molar-refractivity contribution is 5.34. The molecule has 1 aliphatic carbocycles. The average Bonchev–Trinajstić information content (AvgIpc) is 3.26. The molecule has 1 aromatic heterocycles. The second-order valence-corrected chi connectivity index (χ2v) is 6.59. The molecule has 0 aromatic carbocycles. The van der Waals surface area contributed by atoms with E-state index in [0.717, 1.165) is 43.9 Å². The third kappa shape index (κ3) is 3.71. The molecule has 1 aromatic rings. The molecule has 0 bridgehead atoms. The summed E-state index contributed by atoms with van der Waals surface area (Å²) >= 11 is 0. The quantitative estimate of drug-likeness (QED) is 0.911. The lowest BCUT2D eigenvalue weighted by Gasteiger charge is -2.28. The summed E-state index contributed by atoms with van der Waals surface area (Å²) in [4.78, 5) is 14.2. The van der Waals surface area contributed by atoms with Crippen molar-refractivity contribution in [3.05, 3.63) is 17.5 Å². The molecule has 0 amide bonds. The Morgan fingerprint density at radius 3 is 2.86 bits per heavy atom. The summed E-state index contributed by atoms with van der Waals surface area (Å²) in [6, 6.07) is 1.19. The molecular formula is C16H27N5. The second-order valence-electron chi connectivity index (χ2n) is 6.59. The first-order chi connectivity index (χ1) is 10.1. The Hall–Kier alpha value is -1.20. The molecule has 1 unspecified atom stereocenters. The van der Waals surface area contributed by atoms with Crippen molar-refractivity contribution in [3.8, 4) is 0 Å². The molecule has 2 fully saturated rings. The first-order valence-corrected chi connectivity index (χ1v) is 8.14. The van der Waals surface area contributed by atoms with Crippen LogP contribution in [0.5, 0.6) is 0 Å². The van der Waals surface area contributed by atoms with Crippen molar-refractivity contribution in [2.24, 2.45) is 0 Å². The maximum Gasteiger partial charge on any atom is 0.225 e. The molecule has 0 spiro atoms. The molecule has 5 heteroatoms. The van der Waals surface area contributed by atoms with Crippen LogP contribution in [0.15, 0.2) is 6.20 Å². The zero-order valence-corrected chi connectivity index (χ0v) is 13.5. The highest BCUT2D eigenvalue weighted by Gasteiger charge is 2.23. The van der Waals surface area contributed by atoms with E-state index in [2.05, 4.69) is 41.0 Å². The summed E-state index contributed by atoms with van der Waals surface area (Å²) in [6.45, 7) is 8.54. The van der Waals surface area contributed by atoms with E-state index in [9.17, 15) is 0 Å². The van der Waals surface area contributed by atoms with Gasteiger partial charge in [0.15, 0.2) is 0 Å². The van der Waals surface area contributed by atoms with Gasteiger partial charge in [0.2, 0.25) is 5.95 Å². The van der Waals surface area contributed by atoms with Crippen molar-refractivity contribution in [2.45, 2.75) is 51.7 Å². The Kier molecular flexibility index (Phi) is 4.40. The number of nitrogens with one attached hydrogen (secondary N) is 1. The number of likely N-dealkylation sites (N-methyl/N-ethyl adjacent to an activating group) is 1. The van der Waals surface area contributed by atoms with Gasteiger partial charge in [0.05, 0.1) is 0 Å². The van der Waals surface area contributed by atoms with E-state index >= 15 is 0 Å². The normalized spacial score (nSPS) is 24.1. The van der Waals surface area contributed by atoms with Crippen molar-refractivity contribution in [3.63, 3.8) is 0 Å². The number of aromatic nitrogens is 2. The van der Waals surface area contributed by atoms with Gasteiger partial charge in [-0.15, -0.1) is 0 Å². The van der Waals surface area contributed by atoms with Crippen LogP contribution in [0.3, 0.4) is 0 Å². The summed E-state index contributed by atoms with van der Waals surface area (Å²) in [7, 11) is 2.19. The maximum absolute atomic E-state index is 4.77. The number of anilines is 1. The van der Waals surface area contributed by atoms with E-state index in [-0.39, 0.29) is 0 Å². The smallest absolute Gasteiger partial charge is 0.225 e. The molecule has 1 atom stereocenters. The molecule has 21 heavy (non-hydrogen) atoms. The number of nitrogens with zero attached hydrogens (tertiary/aromatic N) is 4. The summed E-state index contributed by atoms with van der Waals surface area (Å²) in [5.41, 5.74) is 2.34. The van der Waals surface area contributed by atoms with Crippen LogP contribution in [0.2, 0.25) is 0 Å². The van der Waals surface area contributed by atoms with Gasteiger partial charge < -0.3 is 15.1 Å². The minimum absolute atomic E-state index is 0.465. The molecule has 3 rings (SSSR count). The second kappa shape index (κ2) is 6.28. The zero-order valence-electron chi connectivity index (χ0n) is 13.5. The first kappa shape index (κ1) is 14.7. The van der Waals surface area contributed by atoms with Crippen molar-refractivity contribution < 1.29 is 0 Å². The van der Waals surface area contributed by atoms with E-state index in [1.807, 2.05) is 6.20 Å². The first-order valence-electron chi connectivity index (χ1n) is 8.14. The van der Waals surface area contributed by atoms with Crippen LogP contribution in [-0.4, -0.2) is 53.6 Å². The summed E-state index contributed by atoms with van der Waals surface area (Å²) in [5, 5.41) is 3.54. The fourth-order valence-corrected chi connectivity index (χ4v) is 3.00. The Bertz CT molecular complexity index is 486. The van der Waals surface area contributed by atoms with Gasteiger partial charge in [0.1, 0.15) is 0 Å². The number of hydrogen-bond donors (Lipinski definition) is 1. The summed E-state index contributed by atoms with van der Waals surface area (Å²) in [5.74, 6) is 0.894. The van der Waals surface area contributed by atoms with Crippen molar-refractivity contribution in [1.29, 1.82) is 0 Å².